The molecule has 0 radical (unpaired) electrons. The lowest BCUT2D eigenvalue weighted by Crippen LogP contribution is -2.55. The van der Waals surface area contributed by atoms with Gasteiger partial charge in [-0.3, -0.25) is 15.2 Å². The maximum absolute atomic E-state index is 7.55. The van der Waals surface area contributed by atoms with E-state index in [1.54, 1.807) is 0 Å². The van der Waals surface area contributed by atoms with Crippen LogP contribution in [0.1, 0.15) is 27.2 Å². The predicted molar refractivity (Wildman–Crippen MR) is 64.3 cm³/mol. The zero-order valence-electron chi connectivity index (χ0n) is 10.2. The highest BCUT2D eigenvalue weighted by atomic mass is 15.3. The van der Waals surface area contributed by atoms with Gasteiger partial charge in [0, 0.05) is 32.2 Å². The quantitative estimate of drug-likeness (QED) is 0.533. The van der Waals surface area contributed by atoms with Crippen LogP contribution in [0.15, 0.2) is 0 Å². The van der Waals surface area contributed by atoms with E-state index in [1.165, 1.54) is 0 Å². The van der Waals surface area contributed by atoms with Gasteiger partial charge in [0.2, 0.25) is 0 Å². The first kappa shape index (κ1) is 12.5. The number of nitrogens with one attached hydrogen (secondary N) is 1. The van der Waals surface area contributed by atoms with Crippen molar-refractivity contribution in [2.75, 3.05) is 26.2 Å². The second-order valence-electron chi connectivity index (χ2n) is 4.55. The summed E-state index contributed by atoms with van der Waals surface area (Å²) in [5.41, 5.74) is 5.60. The van der Waals surface area contributed by atoms with Crippen molar-refractivity contribution in [1.29, 1.82) is 5.41 Å². The molecule has 4 heteroatoms. The average Bonchev–Trinajstić information content (AvgIpc) is 2.19. The largest absolute Gasteiger partial charge is 0.386 e. The standard InChI is InChI=1S/C11H24N4/c1-4-10(11(12)13)15-7-5-14(6-8-15)9(2)3/h9-10H,4-8H2,1-3H3,(H3,12,13). The second kappa shape index (κ2) is 5.47. The third kappa shape index (κ3) is 3.18. The average molecular weight is 212 g/mol. The number of amidine groups is 1. The van der Waals surface area contributed by atoms with Crippen molar-refractivity contribution in [2.24, 2.45) is 5.73 Å². The van der Waals surface area contributed by atoms with Gasteiger partial charge < -0.3 is 5.73 Å². The molecule has 0 aromatic heterocycles. The topological polar surface area (TPSA) is 56.4 Å². The van der Waals surface area contributed by atoms with E-state index >= 15 is 0 Å². The van der Waals surface area contributed by atoms with E-state index in [1.807, 2.05) is 0 Å². The highest BCUT2D eigenvalue weighted by molar-refractivity contribution is 5.82. The zero-order valence-corrected chi connectivity index (χ0v) is 10.2. The Morgan fingerprint density at radius 1 is 1.20 bits per heavy atom. The summed E-state index contributed by atoms with van der Waals surface area (Å²) in [4.78, 5) is 4.81. The molecule has 0 amide bonds. The van der Waals surface area contributed by atoms with Gasteiger partial charge in [0.25, 0.3) is 0 Å². The molecule has 0 bridgehead atoms. The summed E-state index contributed by atoms with van der Waals surface area (Å²) in [6.45, 7) is 10.8. The highest BCUT2D eigenvalue weighted by Crippen LogP contribution is 2.10. The van der Waals surface area contributed by atoms with Crippen molar-refractivity contribution in [3.63, 3.8) is 0 Å². The third-order valence-electron chi connectivity index (χ3n) is 3.27. The molecule has 0 spiro atoms. The monoisotopic (exact) mass is 212 g/mol. The van der Waals surface area contributed by atoms with Gasteiger partial charge in [0.1, 0.15) is 5.84 Å². The van der Waals surface area contributed by atoms with Crippen molar-refractivity contribution >= 4 is 5.84 Å². The number of hydrogen-bond donors (Lipinski definition) is 2. The summed E-state index contributed by atoms with van der Waals surface area (Å²) >= 11 is 0. The van der Waals surface area contributed by atoms with E-state index < -0.39 is 0 Å². The van der Waals surface area contributed by atoms with Crippen molar-refractivity contribution in [3.05, 3.63) is 0 Å². The minimum Gasteiger partial charge on any atom is -0.386 e. The summed E-state index contributed by atoms with van der Waals surface area (Å²) in [7, 11) is 0. The number of nitrogens with zero attached hydrogens (tertiary/aromatic N) is 2. The number of piperazine rings is 1. The first-order valence-electron chi connectivity index (χ1n) is 5.88. The minimum atomic E-state index is 0.152. The third-order valence-corrected chi connectivity index (χ3v) is 3.27. The molecule has 1 unspecified atom stereocenters. The molecule has 0 aromatic rings. The predicted octanol–water partition coefficient (Wildman–Crippen LogP) is 0.727. The maximum Gasteiger partial charge on any atom is 0.108 e. The molecule has 1 atom stereocenters. The second-order valence-corrected chi connectivity index (χ2v) is 4.55. The van der Waals surface area contributed by atoms with Crippen molar-refractivity contribution in [1.82, 2.24) is 9.80 Å². The lowest BCUT2D eigenvalue weighted by atomic mass is 10.1. The molecule has 4 nitrogen and oxygen atoms in total. The van der Waals surface area contributed by atoms with E-state index in [0.717, 1.165) is 32.6 Å². The zero-order chi connectivity index (χ0) is 11.4. The van der Waals surface area contributed by atoms with Gasteiger partial charge in [-0.05, 0) is 20.3 Å². The van der Waals surface area contributed by atoms with Gasteiger partial charge in [-0.15, -0.1) is 0 Å². The Labute approximate surface area is 92.9 Å². The van der Waals surface area contributed by atoms with Crippen LogP contribution in [0, 0.1) is 5.41 Å². The molecule has 1 saturated heterocycles. The molecule has 1 aliphatic heterocycles. The molecule has 0 aromatic carbocycles. The molecule has 1 heterocycles. The molecular weight excluding hydrogens is 188 g/mol. The Morgan fingerprint density at radius 3 is 2.00 bits per heavy atom. The molecule has 1 fully saturated rings. The fourth-order valence-corrected chi connectivity index (χ4v) is 2.24. The van der Waals surface area contributed by atoms with E-state index in [4.69, 9.17) is 11.1 Å². The van der Waals surface area contributed by atoms with Gasteiger partial charge in [0.15, 0.2) is 0 Å². The van der Waals surface area contributed by atoms with Crippen LogP contribution in [-0.4, -0.2) is 53.9 Å². The van der Waals surface area contributed by atoms with Crippen LogP contribution in [0.5, 0.6) is 0 Å². The van der Waals surface area contributed by atoms with Crippen LogP contribution < -0.4 is 5.73 Å². The summed E-state index contributed by atoms with van der Waals surface area (Å²) in [5.74, 6) is 0.315. The van der Waals surface area contributed by atoms with Crippen LogP contribution >= 0.6 is 0 Å². The maximum atomic E-state index is 7.55. The Hall–Kier alpha value is -0.610. The Kier molecular flexibility index (Phi) is 4.54. The van der Waals surface area contributed by atoms with Crippen LogP contribution in [-0.2, 0) is 0 Å². The van der Waals surface area contributed by atoms with E-state index in [0.29, 0.717) is 11.9 Å². The highest BCUT2D eigenvalue weighted by Gasteiger charge is 2.25. The number of nitrogens with two attached hydrogens (primary N) is 1. The molecule has 3 N–H and O–H groups in total. The number of rotatable bonds is 4. The molecule has 1 aliphatic rings. The molecule has 0 aliphatic carbocycles. The van der Waals surface area contributed by atoms with Gasteiger partial charge in [-0.2, -0.15) is 0 Å². The Morgan fingerprint density at radius 2 is 1.67 bits per heavy atom. The van der Waals surface area contributed by atoms with Crippen molar-refractivity contribution in [3.8, 4) is 0 Å². The summed E-state index contributed by atoms with van der Waals surface area (Å²) in [5, 5.41) is 7.55. The minimum absolute atomic E-state index is 0.152. The molecule has 88 valence electrons. The van der Waals surface area contributed by atoms with Crippen LogP contribution in [0.25, 0.3) is 0 Å². The van der Waals surface area contributed by atoms with E-state index in [9.17, 15) is 0 Å². The van der Waals surface area contributed by atoms with Crippen molar-refractivity contribution in [2.45, 2.75) is 39.3 Å². The molecule has 15 heavy (non-hydrogen) atoms. The van der Waals surface area contributed by atoms with Gasteiger partial charge in [0.05, 0.1) is 6.04 Å². The van der Waals surface area contributed by atoms with E-state index in [-0.39, 0.29) is 6.04 Å². The Bertz CT molecular complexity index is 207. The molecule has 1 rings (SSSR count). The fraction of sp³-hybridized carbons (Fsp3) is 0.909. The smallest absolute Gasteiger partial charge is 0.108 e. The van der Waals surface area contributed by atoms with E-state index in [2.05, 4.69) is 30.6 Å². The lowest BCUT2D eigenvalue weighted by Gasteiger charge is -2.40. The first-order valence-corrected chi connectivity index (χ1v) is 5.88. The lowest BCUT2D eigenvalue weighted by molar-refractivity contribution is 0.0946. The number of hydrogen-bond acceptors (Lipinski definition) is 3. The normalized spacial score (nSPS) is 21.9. The summed E-state index contributed by atoms with van der Waals surface area (Å²) in [6.07, 6.45) is 0.941. The van der Waals surface area contributed by atoms with Gasteiger partial charge in [-0.25, -0.2) is 0 Å². The van der Waals surface area contributed by atoms with Crippen molar-refractivity contribution < 1.29 is 0 Å². The fourth-order valence-electron chi connectivity index (χ4n) is 2.24. The SMILES string of the molecule is CCC(C(=N)N)N1CCN(C(C)C)CC1. The molecule has 0 saturated carbocycles. The van der Waals surface area contributed by atoms with Gasteiger partial charge >= 0.3 is 0 Å². The Balaban J connectivity index is 2.45. The van der Waals surface area contributed by atoms with Gasteiger partial charge in [-0.1, -0.05) is 6.92 Å². The first-order chi connectivity index (χ1) is 7.06. The van der Waals surface area contributed by atoms with Crippen LogP contribution in [0.4, 0.5) is 0 Å². The van der Waals surface area contributed by atoms with Crippen LogP contribution in [0.2, 0.25) is 0 Å². The molecular formula is C11H24N4. The summed E-state index contributed by atoms with van der Waals surface area (Å²) < 4.78 is 0. The summed E-state index contributed by atoms with van der Waals surface area (Å²) in [6, 6.07) is 0.781. The van der Waals surface area contributed by atoms with Crippen LogP contribution in [0.3, 0.4) is 0 Å².